The highest BCUT2D eigenvalue weighted by Gasteiger charge is 2.13. The van der Waals surface area contributed by atoms with E-state index in [0.29, 0.717) is 23.7 Å². The predicted octanol–water partition coefficient (Wildman–Crippen LogP) is 4.11. The summed E-state index contributed by atoms with van der Waals surface area (Å²) < 4.78 is 16.1. The lowest BCUT2D eigenvalue weighted by molar-refractivity contribution is -0.123. The zero-order valence-electron chi connectivity index (χ0n) is 18.0. The second kappa shape index (κ2) is 9.96. The molecule has 6 heteroatoms. The number of benzene rings is 2. The summed E-state index contributed by atoms with van der Waals surface area (Å²) >= 11 is 0. The summed E-state index contributed by atoms with van der Waals surface area (Å²) in [6.07, 6.45) is 0.579. The molecule has 0 saturated carbocycles. The van der Waals surface area contributed by atoms with E-state index >= 15 is 0 Å². The van der Waals surface area contributed by atoms with E-state index in [4.69, 9.17) is 14.2 Å². The first-order valence-electron chi connectivity index (χ1n) is 9.49. The number of hydrazone groups is 1. The first-order valence-corrected chi connectivity index (χ1v) is 9.49. The number of amides is 1. The van der Waals surface area contributed by atoms with Gasteiger partial charge in [-0.25, -0.2) is 5.43 Å². The minimum atomic E-state index is -0.309. The molecule has 29 heavy (non-hydrogen) atoms. The molecule has 0 saturated heterocycles. The molecule has 1 N–H and O–H groups in total. The average Bonchev–Trinajstić information content (AvgIpc) is 2.70. The van der Waals surface area contributed by atoms with E-state index < -0.39 is 0 Å². The van der Waals surface area contributed by atoms with E-state index in [2.05, 4.69) is 31.3 Å². The maximum absolute atomic E-state index is 12.0. The largest absolute Gasteiger partial charge is 0.493 e. The monoisotopic (exact) mass is 398 g/mol. The van der Waals surface area contributed by atoms with Gasteiger partial charge in [-0.1, -0.05) is 39.0 Å². The number of methoxy groups -OCH3 is 2. The van der Waals surface area contributed by atoms with Crippen LogP contribution in [0.2, 0.25) is 0 Å². The van der Waals surface area contributed by atoms with Gasteiger partial charge in [-0.3, -0.25) is 4.79 Å². The quantitative estimate of drug-likeness (QED) is 0.537. The van der Waals surface area contributed by atoms with Crippen LogP contribution in [-0.2, 0) is 16.6 Å². The molecular formula is C23H30N2O4. The van der Waals surface area contributed by atoms with E-state index in [1.54, 1.807) is 14.2 Å². The Morgan fingerprint density at radius 3 is 2.24 bits per heavy atom. The van der Waals surface area contributed by atoms with Gasteiger partial charge in [-0.05, 0) is 47.7 Å². The van der Waals surface area contributed by atoms with Crippen molar-refractivity contribution in [3.63, 3.8) is 0 Å². The number of carbonyl (C=O) groups excluding carboxylic acids is 1. The van der Waals surface area contributed by atoms with Gasteiger partial charge in [0.2, 0.25) is 0 Å². The van der Waals surface area contributed by atoms with Crippen LogP contribution >= 0.6 is 0 Å². The number of hydrogen-bond donors (Lipinski definition) is 1. The zero-order chi connectivity index (χ0) is 21.4. The summed E-state index contributed by atoms with van der Waals surface area (Å²) in [7, 11) is 3.19. The Balaban J connectivity index is 1.85. The van der Waals surface area contributed by atoms with Crippen molar-refractivity contribution in [3.8, 4) is 17.2 Å². The molecule has 0 atom stereocenters. The van der Waals surface area contributed by atoms with Gasteiger partial charge >= 0.3 is 0 Å². The maximum Gasteiger partial charge on any atom is 0.277 e. The molecule has 0 aliphatic heterocycles. The van der Waals surface area contributed by atoms with Gasteiger partial charge in [-0.15, -0.1) is 0 Å². The summed E-state index contributed by atoms with van der Waals surface area (Å²) in [6, 6.07) is 13.5. The molecule has 2 aromatic carbocycles. The van der Waals surface area contributed by atoms with Gasteiger partial charge in [0, 0.05) is 12.1 Å². The normalized spacial score (nSPS) is 11.7. The summed E-state index contributed by atoms with van der Waals surface area (Å²) in [5, 5.41) is 4.14. The second-order valence-electron chi connectivity index (χ2n) is 7.81. The molecule has 1 amide bonds. The van der Waals surface area contributed by atoms with Gasteiger partial charge in [0.25, 0.3) is 5.91 Å². The maximum atomic E-state index is 12.0. The van der Waals surface area contributed by atoms with Crippen LogP contribution in [0.1, 0.15) is 38.8 Å². The molecule has 0 aromatic heterocycles. The van der Waals surface area contributed by atoms with Crippen molar-refractivity contribution in [3.05, 3.63) is 53.6 Å². The highest BCUT2D eigenvalue weighted by molar-refractivity contribution is 5.86. The Hall–Kier alpha value is -3.02. The standard InChI is InChI=1S/C23H30N2O4/c1-16(13-17-7-12-20(27-5)21(14-17)28-6)24-25-22(26)15-29-19-10-8-18(9-11-19)23(2,3)4/h7-12,14H,13,15H2,1-6H3,(H,25,26)/b24-16-. The number of nitrogens with one attached hydrogen (secondary N) is 1. The fourth-order valence-electron chi connectivity index (χ4n) is 2.72. The molecule has 0 spiro atoms. The molecule has 2 rings (SSSR count). The molecular weight excluding hydrogens is 368 g/mol. The van der Waals surface area contributed by atoms with Crippen LogP contribution < -0.4 is 19.6 Å². The summed E-state index contributed by atoms with van der Waals surface area (Å²) in [5.74, 6) is 1.68. The third-order valence-corrected chi connectivity index (χ3v) is 4.37. The topological polar surface area (TPSA) is 69.2 Å². The van der Waals surface area contributed by atoms with E-state index in [1.165, 1.54) is 5.56 Å². The fraction of sp³-hybridized carbons (Fsp3) is 0.391. The Morgan fingerprint density at radius 1 is 1.00 bits per heavy atom. The van der Waals surface area contributed by atoms with Crippen molar-refractivity contribution >= 4 is 11.6 Å². The van der Waals surface area contributed by atoms with Gasteiger partial charge in [0.15, 0.2) is 18.1 Å². The molecule has 0 aliphatic carbocycles. The molecule has 2 aromatic rings. The highest BCUT2D eigenvalue weighted by atomic mass is 16.5. The van der Waals surface area contributed by atoms with Gasteiger partial charge in [0.05, 0.1) is 14.2 Å². The lowest BCUT2D eigenvalue weighted by Crippen LogP contribution is -2.25. The SMILES string of the molecule is COc1ccc(C/C(C)=N\NC(=O)COc2ccc(C(C)(C)C)cc2)cc1OC. The first-order chi connectivity index (χ1) is 13.7. The number of carbonyl (C=O) groups is 1. The Bertz CT molecular complexity index is 852. The summed E-state index contributed by atoms with van der Waals surface area (Å²) in [5.41, 5.74) is 5.59. The van der Waals surface area contributed by atoms with Crippen LogP contribution in [0.15, 0.2) is 47.6 Å². The van der Waals surface area contributed by atoms with Crippen molar-refractivity contribution in [2.75, 3.05) is 20.8 Å². The minimum Gasteiger partial charge on any atom is -0.493 e. The molecule has 0 heterocycles. The van der Waals surface area contributed by atoms with Crippen molar-refractivity contribution in [1.82, 2.24) is 5.43 Å². The van der Waals surface area contributed by atoms with Crippen LogP contribution in [0.25, 0.3) is 0 Å². The summed E-state index contributed by atoms with van der Waals surface area (Å²) in [4.78, 5) is 12.0. The molecule has 0 aliphatic rings. The highest BCUT2D eigenvalue weighted by Crippen LogP contribution is 2.27. The Morgan fingerprint density at radius 2 is 1.66 bits per heavy atom. The molecule has 156 valence electrons. The molecule has 0 fully saturated rings. The fourth-order valence-corrected chi connectivity index (χ4v) is 2.72. The second-order valence-corrected chi connectivity index (χ2v) is 7.81. The average molecular weight is 399 g/mol. The van der Waals surface area contributed by atoms with Gasteiger partial charge in [0.1, 0.15) is 5.75 Å². The van der Waals surface area contributed by atoms with E-state index in [0.717, 1.165) is 11.3 Å². The predicted molar refractivity (Wildman–Crippen MR) is 115 cm³/mol. The minimum absolute atomic E-state index is 0.0794. The van der Waals surface area contributed by atoms with Crippen LogP contribution in [0, 0.1) is 0 Å². The van der Waals surface area contributed by atoms with Crippen molar-refractivity contribution in [1.29, 1.82) is 0 Å². The van der Waals surface area contributed by atoms with Gasteiger partial charge in [-0.2, -0.15) is 5.10 Å². The molecule has 0 radical (unpaired) electrons. The zero-order valence-corrected chi connectivity index (χ0v) is 18.0. The third kappa shape index (κ3) is 6.82. The van der Waals surface area contributed by atoms with Crippen molar-refractivity contribution in [2.45, 2.75) is 39.5 Å². The lowest BCUT2D eigenvalue weighted by atomic mass is 9.87. The van der Waals surface area contributed by atoms with Crippen LogP contribution in [0.4, 0.5) is 0 Å². The van der Waals surface area contributed by atoms with Crippen LogP contribution in [-0.4, -0.2) is 32.4 Å². The smallest absolute Gasteiger partial charge is 0.277 e. The molecule has 0 bridgehead atoms. The summed E-state index contributed by atoms with van der Waals surface area (Å²) in [6.45, 7) is 8.21. The van der Waals surface area contributed by atoms with Crippen LogP contribution in [0.3, 0.4) is 0 Å². The van der Waals surface area contributed by atoms with E-state index in [1.807, 2.05) is 49.4 Å². The van der Waals surface area contributed by atoms with Crippen LogP contribution in [0.5, 0.6) is 17.2 Å². The number of ether oxygens (including phenoxy) is 3. The number of nitrogens with zero attached hydrogens (tertiary/aromatic N) is 1. The van der Waals surface area contributed by atoms with Crippen molar-refractivity contribution in [2.24, 2.45) is 5.10 Å². The molecule has 0 unspecified atom stereocenters. The number of rotatable bonds is 8. The Kier molecular flexibility index (Phi) is 7.65. The molecule has 6 nitrogen and oxygen atoms in total. The Labute approximate surface area is 172 Å². The third-order valence-electron chi connectivity index (χ3n) is 4.37. The van der Waals surface area contributed by atoms with Gasteiger partial charge < -0.3 is 14.2 Å². The lowest BCUT2D eigenvalue weighted by Gasteiger charge is -2.19. The first kappa shape index (κ1) is 22.3. The number of hydrogen-bond acceptors (Lipinski definition) is 5. The van der Waals surface area contributed by atoms with E-state index in [-0.39, 0.29) is 17.9 Å². The van der Waals surface area contributed by atoms with Crippen molar-refractivity contribution < 1.29 is 19.0 Å². The van der Waals surface area contributed by atoms with E-state index in [9.17, 15) is 4.79 Å².